The molecule has 1 aromatic carbocycles. The molecule has 1 saturated heterocycles. The highest BCUT2D eigenvalue weighted by molar-refractivity contribution is 6.34. The lowest BCUT2D eigenvalue weighted by molar-refractivity contribution is -0.134. The minimum Gasteiger partial charge on any atom is -0.268 e. The number of likely N-dealkylation sites (N-methyl/N-ethyl adjacent to an activating group) is 2. The number of benzene rings is 1. The number of carbonyl (C=O) groups excluding carboxylic acids is 3. The predicted octanol–water partition coefficient (Wildman–Crippen LogP) is 1.91. The van der Waals surface area contributed by atoms with Gasteiger partial charge in [0.25, 0.3) is 11.8 Å². The van der Waals surface area contributed by atoms with E-state index in [0.717, 1.165) is 21.9 Å². The van der Waals surface area contributed by atoms with E-state index in [1.54, 1.807) is 0 Å². The average Bonchev–Trinajstić information content (AvgIpc) is 2.42. The number of rotatable bonds is 1. The highest BCUT2D eigenvalue weighted by atomic mass is 35.5. The number of urea groups is 1. The molecule has 2 rings (SSSR count). The Hall–Kier alpha value is -2.21. The lowest BCUT2D eigenvalue weighted by atomic mass is 10.1. The number of nitrogens with zero attached hydrogens (tertiary/aromatic N) is 2. The molecule has 0 aromatic heterocycles. The smallest absolute Gasteiger partial charge is 0.268 e. The first-order valence-electron chi connectivity index (χ1n) is 5.60. The third-order valence-corrected chi connectivity index (χ3v) is 3.26. The third kappa shape index (κ3) is 2.18. The molecule has 0 saturated carbocycles. The second-order valence-electron chi connectivity index (χ2n) is 4.20. The highest BCUT2D eigenvalue weighted by Crippen LogP contribution is 2.24. The zero-order valence-corrected chi connectivity index (χ0v) is 11.4. The van der Waals surface area contributed by atoms with Gasteiger partial charge in [0, 0.05) is 19.7 Å². The second kappa shape index (κ2) is 5.05. The van der Waals surface area contributed by atoms with Crippen LogP contribution in [0.3, 0.4) is 0 Å². The maximum atomic E-state index is 13.7. The van der Waals surface area contributed by atoms with Gasteiger partial charge in [0.05, 0.1) is 5.02 Å². The van der Waals surface area contributed by atoms with Gasteiger partial charge in [-0.15, -0.1) is 0 Å². The van der Waals surface area contributed by atoms with E-state index in [2.05, 4.69) is 0 Å². The van der Waals surface area contributed by atoms with Crippen LogP contribution in [0.1, 0.15) is 5.56 Å². The zero-order chi connectivity index (χ0) is 15.0. The maximum absolute atomic E-state index is 13.7. The molecule has 0 spiro atoms. The Balaban J connectivity index is 2.55. The van der Waals surface area contributed by atoms with Crippen LogP contribution in [0.5, 0.6) is 0 Å². The maximum Gasteiger partial charge on any atom is 0.333 e. The molecule has 1 aliphatic heterocycles. The molecule has 0 atom stereocenters. The Bertz CT molecular complexity index is 611. The van der Waals surface area contributed by atoms with Crippen molar-refractivity contribution >= 4 is 35.5 Å². The molecule has 1 aliphatic rings. The van der Waals surface area contributed by atoms with E-state index in [9.17, 15) is 18.8 Å². The summed E-state index contributed by atoms with van der Waals surface area (Å²) in [6, 6.07) is 3.27. The van der Waals surface area contributed by atoms with Crippen LogP contribution < -0.4 is 0 Å². The van der Waals surface area contributed by atoms with Crippen LogP contribution in [-0.4, -0.2) is 41.7 Å². The van der Waals surface area contributed by atoms with Crippen LogP contribution in [-0.2, 0) is 9.59 Å². The Morgan fingerprint density at radius 2 is 1.65 bits per heavy atom. The first-order chi connectivity index (χ1) is 9.34. The normalized spacial score (nSPS) is 16.0. The molecule has 0 bridgehead atoms. The Morgan fingerprint density at radius 1 is 1.10 bits per heavy atom. The van der Waals surface area contributed by atoms with Gasteiger partial charge >= 0.3 is 6.03 Å². The van der Waals surface area contributed by atoms with Crippen molar-refractivity contribution in [2.24, 2.45) is 0 Å². The van der Waals surface area contributed by atoms with Gasteiger partial charge in [-0.3, -0.25) is 19.4 Å². The Morgan fingerprint density at radius 3 is 2.15 bits per heavy atom. The second-order valence-corrected chi connectivity index (χ2v) is 4.61. The van der Waals surface area contributed by atoms with Crippen molar-refractivity contribution in [2.75, 3.05) is 14.1 Å². The fourth-order valence-electron chi connectivity index (χ4n) is 1.77. The van der Waals surface area contributed by atoms with Gasteiger partial charge in [-0.2, -0.15) is 0 Å². The van der Waals surface area contributed by atoms with E-state index in [4.69, 9.17) is 11.6 Å². The van der Waals surface area contributed by atoms with Crippen molar-refractivity contribution in [2.45, 2.75) is 0 Å². The van der Waals surface area contributed by atoms with Crippen molar-refractivity contribution in [1.29, 1.82) is 0 Å². The van der Waals surface area contributed by atoms with Crippen LogP contribution in [0.25, 0.3) is 6.08 Å². The average molecular weight is 297 g/mol. The largest absolute Gasteiger partial charge is 0.333 e. The van der Waals surface area contributed by atoms with Crippen LogP contribution in [0, 0.1) is 5.82 Å². The monoisotopic (exact) mass is 296 g/mol. The van der Waals surface area contributed by atoms with Crippen LogP contribution in [0.2, 0.25) is 5.02 Å². The lowest BCUT2D eigenvalue weighted by Crippen LogP contribution is -2.52. The molecule has 0 unspecified atom stereocenters. The summed E-state index contributed by atoms with van der Waals surface area (Å²) < 4.78 is 13.7. The summed E-state index contributed by atoms with van der Waals surface area (Å²) in [7, 11) is 2.48. The number of imide groups is 2. The molecule has 1 fully saturated rings. The van der Waals surface area contributed by atoms with Gasteiger partial charge in [0.15, 0.2) is 0 Å². The summed E-state index contributed by atoms with van der Waals surface area (Å²) in [5.74, 6) is -2.25. The number of amides is 4. The first kappa shape index (κ1) is 14.2. The van der Waals surface area contributed by atoms with E-state index >= 15 is 0 Å². The van der Waals surface area contributed by atoms with Gasteiger partial charge in [0.2, 0.25) is 0 Å². The minimum atomic E-state index is -0.794. The topological polar surface area (TPSA) is 57.7 Å². The first-order valence-corrected chi connectivity index (χ1v) is 5.98. The number of carbonyl (C=O) groups is 3. The van der Waals surface area contributed by atoms with Gasteiger partial charge in [-0.05, 0) is 18.2 Å². The quantitative estimate of drug-likeness (QED) is 0.587. The van der Waals surface area contributed by atoms with Crippen LogP contribution >= 0.6 is 11.6 Å². The number of barbiturate groups is 1. The number of hydrogen-bond donors (Lipinski definition) is 0. The van der Waals surface area contributed by atoms with Gasteiger partial charge < -0.3 is 0 Å². The van der Waals surface area contributed by atoms with Crippen molar-refractivity contribution in [1.82, 2.24) is 9.80 Å². The fourth-order valence-corrected chi connectivity index (χ4v) is 1.99. The summed E-state index contributed by atoms with van der Waals surface area (Å²) >= 11 is 5.84. The third-order valence-electron chi connectivity index (χ3n) is 2.93. The van der Waals surface area contributed by atoms with Crippen molar-refractivity contribution in [3.63, 3.8) is 0 Å². The zero-order valence-electron chi connectivity index (χ0n) is 10.7. The standard InChI is InChI=1S/C13H10ClFN2O3/c1-16-11(18)8(12(19)17(2)13(16)20)6-7-9(14)4-3-5-10(7)15/h3-6H,1-2H3. The summed E-state index contributed by atoms with van der Waals surface area (Å²) in [6.07, 6.45) is 1.06. The molecule has 0 radical (unpaired) electrons. The summed E-state index contributed by atoms with van der Waals surface area (Å²) in [5, 5.41) is 0.0697. The summed E-state index contributed by atoms with van der Waals surface area (Å²) in [6.45, 7) is 0. The molecule has 5 nitrogen and oxygen atoms in total. The van der Waals surface area contributed by atoms with E-state index < -0.39 is 23.7 Å². The van der Waals surface area contributed by atoms with Gasteiger partial charge in [-0.25, -0.2) is 9.18 Å². The number of hydrogen-bond acceptors (Lipinski definition) is 3. The minimum absolute atomic E-state index is 0.0676. The number of halogens is 2. The lowest BCUT2D eigenvalue weighted by Gasteiger charge is -2.28. The van der Waals surface area contributed by atoms with E-state index in [1.807, 2.05) is 0 Å². The van der Waals surface area contributed by atoms with E-state index in [-0.39, 0.29) is 16.2 Å². The van der Waals surface area contributed by atoms with Crippen molar-refractivity contribution in [3.8, 4) is 0 Å². The molecule has 104 valence electrons. The molecule has 7 heteroatoms. The highest BCUT2D eigenvalue weighted by Gasteiger charge is 2.38. The molecule has 20 heavy (non-hydrogen) atoms. The van der Waals surface area contributed by atoms with Crippen LogP contribution in [0.15, 0.2) is 23.8 Å². The summed E-state index contributed by atoms with van der Waals surface area (Å²) in [5.41, 5.74) is -0.386. The predicted molar refractivity (Wildman–Crippen MR) is 70.3 cm³/mol. The molecule has 0 N–H and O–H groups in total. The fraction of sp³-hybridized carbons (Fsp3) is 0.154. The van der Waals surface area contributed by atoms with Gasteiger partial charge in [0.1, 0.15) is 11.4 Å². The molecule has 1 heterocycles. The molecule has 0 aliphatic carbocycles. The van der Waals surface area contributed by atoms with Gasteiger partial charge in [-0.1, -0.05) is 17.7 Å². The van der Waals surface area contributed by atoms with E-state index in [1.165, 1.54) is 26.2 Å². The van der Waals surface area contributed by atoms with Crippen molar-refractivity contribution < 1.29 is 18.8 Å². The SMILES string of the molecule is CN1C(=O)C(=Cc2c(F)cccc2Cl)C(=O)N(C)C1=O. The van der Waals surface area contributed by atoms with E-state index in [0.29, 0.717) is 0 Å². The summed E-state index contributed by atoms with van der Waals surface area (Å²) in [4.78, 5) is 37.0. The molecular formula is C13H10ClFN2O3. The Labute approximate surface area is 119 Å². The van der Waals surface area contributed by atoms with Crippen molar-refractivity contribution in [3.05, 3.63) is 40.2 Å². The molecule has 1 aromatic rings. The van der Waals surface area contributed by atoms with Crippen LogP contribution in [0.4, 0.5) is 9.18 Å². The Kier molecular flexibility index (Phi) is 3.59. The molecular weight excluding hydrogens is 287 g/mol. The molecule has 4 amide bonds.